The molecule has 134 valence electrons. The molecule has 2 aromatic carbocycles. The highest BCUT2D eigenvalue weighted by atomic mass is 14.7. The van der Waals surface area contributed by atoms with Gasteiger partial charge in [0.15, 0.2) is 0 Å². The molecule has 2 aromatic rings. The molecule has 0 spiro atoms. The lowest BCUT2D eigenvalue weighted by molar-refractivity contribution is 0.910. The largest absolute Gasteiger partial charge is 0.399 e. The standard InChI is InChI=1S/C21H26N2.C2H6/c1-5-13-23-20(6-2)21(17-10-8-11-18(22)14-17)19-12-7-9-15(3)16(19)4;1-2/h6-14,21H,5,22H2,1-4H3;1-2H3/b20-6-,23-13?;. The second-order valence-corrected chi connectivity index (χ2v) is 5.83. The van der Waals surface area contributed by atoms with Gasteiger partial charge in [-0.2, -0.15) is 0 Å². The van der Waals surface area contributed by atoms with Crippen molar-refractivity contribution in [2.24, 2.45) is 4.99 Å². The third-order valence-corrected chi connectivity index (χ3v) is 4.22. The molecule has 0 fully saturated rings. The van der Waals surface area contributed by atoms with Crippen LogP contribution in [0.2, 0.25) is 0 Å². The number of hydrogen-bond acceptors (Lipinski definition) is 2. The molecule has 0 saturated heterocycles. The summed E-state index contributed by atoms with van der Waals surface area (Å²) >= 11 is 0. The third-order valence-electron chi connectivity index (χ3n) is 4.22. The van der Waals surface area contributed by atoms with Gasteiger partial charge in [-0.05, 0) is 61.6 Å². The first-order valence-corrected chi connectivity index (χ1v) is 9.18. The van der Waals surface area contributed by atoms with Crippen molar-refractivity contribution in [1.29, 1.82) is 0 Å². The van der Waals surface area contributed by atoms with Crippen molar-refractivity contribution in [3.63, 3.8) is 0 Å². The number of aryl methyl sites for hydroxylation is 1. The van der Waals surface area contributed by atoms with E-state index in [1.165, 1.54) is 22.3 Å². The van der Waals surface area contributed by atoms with E-state index in [0.717, 1.165) is 17.8 Å². The van der Waals surface area contributed by atoms with Crippen LogP contribution in [0.5, 0.6) is 0 Å². The Morgan fingerprint density at radius 2 is 1.80 bits per heavy atom. The molecule has 0 amide bonds. The minimum Gasteiger partial charge on any atom is -0.399 e. The van der Waals surface area contributed by atoms with Crippen LogP contribution in [0.25, 0.3) is 0 Å². The van der Waals surface area contributed by atoms with Gasteiger partial charge in [0.25, 0.3) is 0 Å². The molecule has 25 heavy (non-hydrogen) atoms. The van der Waals surface area contributed by atoms with Gasteiger partial charge in [-0.25, -0.2) is 0 Å². The molecule has 0 bridgehead atoms. The van der Waals surface area contributed by atoms with Crippen LogP contribution in [0.15, 0.2) is 59.2 Å². The van der Waals surface area contributed by atoms with Crippen LogP contribution in [0.4, 0.5) is 5.69 Å². The van der Waals surface area contributed by atoms with Gasteiger partial charge in [-0.1, -0.05) is 57.2 Å². The molecule has 0 saturated carbocycles. The molecule has 0 aliphatic rings. The lowest BCUT2D eigenvalue weighted by Gasteiger charge is -2.22. The summed E-state index contributed by atoms with van der Waals surface area (Å²) in [5.41, 5.74) is 13.0. The van der Waals surface area contributed by atoms with Gasteiger partial charge in [0.2, 0.25) is 0 Å². The fourth-order valence-electron chi connectivity index (χ4n) is 2.85. The second kappa shape index (κ2) is 10.5. The molecule has 0 aliphatic carbocycles. The van der Waals surface area contributed by atoms with Gasteiger partial charge in [-0.15, -0.1) is 0 Å². The van der Waals surface area contributed by atoms with Crippen LogP contribution in [0, 0.1) is 13.8 Å². The molecular weight excluding hydrogens is 304 g/mol. The molecule has 0 aromatic heterocycles. The fraction of sp³-hybridized carbons (Fsp3) is 0.348. The number of nitrogens with zero attached hydrogens (tertiary/aromatic N) is 1. The van der Waals surface area contributed by atoms with Gasteiger partial charge in [0.05, 0.1) is 5.92 Å². The Hall–Kier alpha value is -2.35. The van der Waals surface area contributed by atoms with Crippen LogP contribution in [-0.4, -0.2) is 6.21 Å². The molecule has 0 heterocycles. The Morgan fingerprint density at radius 3 is 2.40 bits per heavy atom. The van der Waals surface area contributed by atoms with Crippen molar-refractivity contribution in [3.8, 4) is 0 Å². The normalized spacial score (nSPS) is 12.6. The first-order valence-electron chi connectivity index (χ1n) is 9.18. The average Bonchev–Trinajstić information content (AvgIpc) is 2.63. The summed E-state index contributed by atoms with van der Waals surface area (Å²) in [5.74, 6) is 0.103. The summed E-state index contributed by atoms with van der Waals surface area (Å²) in [6.45, 7) is 12.5. The van der Waals surface area contributed by atoms with E-state index in [1.807, 2.05) is 39.1 Å². The highest BCUT2D eigenvalue weighted by molar-refractivity contribution is 5.60. The van der Waals surface area contributed by atoms with E-state index in [2.05, 4.69) is 57.2 Å². The van der Waals surface area contributed by atoms with Crippen molar-refractivity contribution in [3.05, 3.63) is 76.5 Å². The van der Waals surface area contributed by atoms with Gasteiger partial charge < -0.3 is 5.73 Å². The first kappa shape index (κ1) is 20.7. The molecule has 2 nitrogen and oxygen atoms in total. The number of rotatable bonds is 5. The predicted octanol–water partition coefficient (Wildman–Crippen LogP) is 6.43. The number of aliphatic imine (C=N–C) groups is 1. The van der Waals surface area contributed by atoms with E-state index >= 15 is 0 Å². The summed E-state index contributed by atoms with van der Waals surface area (Å²) < 4.78 is 0. The summed E-state index contributed by atoms with van der Waals surface area (Å²) in [6, 6.07) is 14.6. The lowest BCUT2D eigenvalue weighted by atomic mass is 9.84. The highest BCUT2D eigenvalue weighted by Crippen LogP contribution is 2.36. The smallest absolute Gasteiger partial charge is 0.0512 e. The zero-order chi connectivity index (χ0) is 18.8. The number of anilines is 1. The topological polar surface area (TPSA) is 38.4 Å². The van der Waals surface area contributed by atoms with Crippen molar-refractivity contribution in [2.45, 2.75) is 53.9 Å². The summed E-state index contributed by atoms with van der Waals surface area (Å²) in [4.78, 5) is 4.71. The number of benzene rings is 2. The quantitative estimate of drug-likeness (QED) is 0.496. The van der Waals surface area contributed by atoms with Gasteiger partial charge >= 0.3 is 0 Å². The minimum atomic E-state index is 0.103. The zero-order valence-corrected chi connectivity index (χ0v) is 16.5. The van der Waals surface area contributed by atoms with Crippen molar-refractivity contribution < 1.29 is 0 Å². The maximum absolute atomic E-state index is 6.03. The van der Waals surface area contributed by atoms with E-state index in [0.29, 0.717) is 0 Å². The fourth-order valence-corrected chi connectivity index (χ4v) is 2.85. The summed E-state index contributed by atoms with van der Waals surface area (Å²) in [5, 5.41) is 0. The number of nitrogen functional groups attached to an aromatic ring is 1. The monoisotopic (exact) mass is 336 g/mol. The zero-order valence-electron chi connectivity index (χ0n) is 16.5. The molecular formula is C23H32N2. The Bertz CT molecular complexity index is 727. The first-order chi connectivity index (χ1) is 12.1. The molecule has 2 N–H and O–H groups in total. The van der Waals surface area contributed by atoms with Crippen molar-refractivity contribution >= 4 is 11.9 Å². The highest BCUT2D eigenvalue weighted by Gasteiger charge is 2.20. The van der Waals surface area contributed by atoms with Gasteiger partial charge in [0.1, 0.15) is 0 Å². The van der Waals surface area contributed by atoms with Crippen LogP contribution in [-0.2, 0) is 0 Å². The van der Waals surface area contributed by atoms with Crippen LogP contribution in [0.3, 0.4) is 0 Å². The molecule has 1 unspecified atom stereocenters. The molecule has 0 radical (unpaired) electrons. The van der Waals surface area contributed by atoms with Crippen LogP contribution in [0.1, 0.15) is 62.3 Å². The van der Waals surface area contributed by atoms with E-state index in [4.69, 9.17) is 10.7 Å². The molecule has 1 atom stereocenters. The van der Waals surface area contributed by atoms with Crippen molar-refractivity contribution in [2.75, 3.05) is 5.73 Å². The molecule has 2 rings (SSSR count). The van der Waals surface area contributed by atoms with Crippen molar-refractivity contribution in [1.82, 2.24) is 0 Å². The van der Waals surface area contributed by atoms with E-state index in [9.17, 15) is 0 Å². The van der Waals surface area contributed by atoms with Crippen LogP contribution < -0.4 is 5.73 Å². The van der Waals surface area contributed by atoms with Crippen LogP contribution >= 0.6 is 0 Å². The molecule has 0 aliphatic heterocycles. The minimum absolute atomic E-state index is 0.103. The molecule has 2 heteroatoms. The Labute approximate surface area is 153 Å². The SMILES string of the molecule is C/C=C(\N=CCC)C(c1cccc(N)c1)c1cccc(C)c1C.CC. The maximum atomic E-state index is 6.03. The van der Waals surface area contributed by atoms with E-state index in [-0.39, 0.29) is 5.92 Å². The number of hydrogen-bond donors (Lipinski definition) is 1. The summed E-state index contributed by atoms with van der Waals surface area (Å²) in [6.07, 6.45) is 5.00. The van der Waals surface area contributed by atoms with Gasteiger partial charge in [-0.3, -0.25) is 4.99 Å². The number of nitrogens with two attached hydrogens (primary N) is 1. The number of allylic oxidation sites excluding steroid dienone is 2. The summed E-state index contributed by atoms with van der Waals surface area (Å²) in [7, 11) is 0. The Morgan fingerprint density at radius 1 is 1.12 bits per heavy atom. The predicted molar refractivity (Wildman–Crippen MR) is 113 cm³/mol. The third kappa shape index (κ3) is 5.32. The maximum Gasteiger partial charge on any atom is 0.0512 e. The van der Waals surface area contributed by atoms with Gasteiger partial charge in [0, 0.05) is 17.6 Å². The van der Waals surface area contributed by atoms with E-state index < -0.39 is 0 Å². The average molecular weight is 337 g/mol. The Balaban J connectivity index is 0.00000151. The lowest BCUT2D eigenvalue weighted by Crippen LogP contribution is -2.07. The Kier molecular flexibility index (Phi) is 8.69. The second-order valence-electron chi connectivity index (χ2n) is 5.83. The van der Waals surface area contributed by atoms with E-state index in [1.54, 1.807) is 0 Å².